The highest BCUT2D eigenvalue weighted by Gasteiger charge is 2.11. The highest BCUT2D eigenvalue weighted by Crippen LogP contribution is 2.12. The van der Waals surface area contributed by atoms with E-state index >= 15 is 0 Å². The third-order valence-electron chi connectivity index (χ3n) is 2.31. The second-order valence-corrected chi connectivity index (χ2v) is 3.53. The molecule has 1 atom stereocenters. The first-order valence-corrected chi connectivity index (χ1v) is 5.05. The van der Waals surface area contributed by atoms with Gasteiger partial charge in [0, 0.05) is 12.1 Å². The smallest absolute Gasteiger partial charge is 0.173 e. The van der Waals surface area contributed by atoms with Crippen LogP contribution in [0.25, 0.3) is 0 Å². The maximum Gasteiger partial charge on any atom is 0.173 e. The van der Waals surface area contributed by atoms with Crippen molar-refractivity contribution in [2.24, 2.45) is 10.9 Å². The zero-order valence-electron chi connectivity index (χ0n) is 9.44. The largest absolute Gasteiger partial charge is 0.409 e. The minimum absolute atomic E-state index is 0.0696. The van der Waals surface area contributed by atoms with Crippen molar-refractivity contribution in [3.8, 4) is 12.3 Å². The number of terminal acetylenes is 1. The summed E-state index contributed by atoms with van der Waals surface area (Å²) in [6.07, 6.45) is 5.20. The highest BCUT2D eigenvalue weighted by atomic mass is 19.1. The lowest BCUT2D eigenvalue weighted by molar-refractivity contribution is 0.318. The summed E-state index contributed by atoms with van der Waals surface area (Å²) in [5.41, 5.74) is 5.84. The summed E-state index contributed by atoms with van der Waals surface area (Å²) in [5.74, 6) is 1.71. The molecule has 0 fully saturated rings. The molecule has 1 aromatic rings. The van der Waals surface area contributed by atoms with Crippen molar-refractivity contribution >= 4 is 5.84 Å². The third kappa shape index (κ3) is 3.20. The van der Waals surface area contributed by atoms with E-state index < -0.39 is 5.82 Å². The second-order valence-electron chi connectivity index (χ2n) is 3.53. The SMILES string of the molecule is C#CC(C)NCc1cccc(/C(N)=N/O)c1F. The van der Waals surface area contributed by atoms with Crippen LogP contribution in [0.5, 0.6) is 0 Å². The predicted molar refractivity (Wildman–Crippen MR) is 64.0 cm³/mol. The molecule has 0 radical (unpaired) electrons. The summed E-state index contributed by atoms with van der Waals surface area (Å²) >= 11 is 0. The average Bonchev–Trinajstić information content (AvgIpc) is 2.36. The Morgan fingerprint density at radius 1 is 1.71 bits per heavy atom. The Kier molecular flexibility index (Phi) is 4.49. The van der Waals surface area contributed by atoms with Gasteiger partial charge in [0.05, 0.1) is 11.6 Å². The van der Waals surface area contributed by atoms with E-state index in [1.807, 2.05) is 0 Å². The van der Waals surface area contributed by atoms with E-state index in [-0.39, 0.29) is 24.0 Å². The first-order valence-electron chi connectivity index (χ1n) is 5.05. The number of rotatable bonds is 4. The molecule has 4 nitrogen and oxygen atoms in total. The summed E-state index contributed by atoms with van der Waals surface area (Å²) in [6.45, 7) is 2.08. The predicted octanol–water partition coefficient (Wildman–Crippen LogP) is 1.03. The van der Waals surface area contributed by atoms with Crippen LogP contribution < -0.4 is 11.1 Å². The molecule has 0 aromatic heterocycles. The number of hydrogen-bond donors (Lipinski definition) is 3. The number of nitrogens with one attached hydrogen (secondary N) is 1. The van der Waals surface area contributed by atoms with Gasteiger partial charge in [0.15, 0.2) is 5.84 Å². The fourth-order valence-corrected chi connectivity index (χ4v) is 1.29. The Morgan fingerprint density at radius 2 is 2.41 bits per heavy atom. The molecule has 17 heavy (non-hydrogen) atoms. The van der Waals surface area contributed by atoms with Crippen LogP contribution in [0, 0.1) is 18.2 Å². The average molecular weight is 235 g/mol. The van der Waals surface area contributed by atoms with E-state index in [4.69, 9.17) is 17.4 Å². The lowest BCUT2D eigenvalue weighted by Gasteiger charge is -2.10. The maximum absolute atomic E-state index is 13.9. The number of halogens is 1. The van der Waals surface area contributed by atoms with Crippen LogP contribution in [0.1, 0.15) is 18.1 Å². The van der Waals surface area contributed by atoms with E-state index in [0.717, 1.165) is 0 Å². The molecule has 1 rings (SSSR count). The van der Waals surface area contributed by atoms with Crippen molar-refractivity contribution in [1.29, 1.82) is 0 Å². The molecule has 1 aromatic carbocycles. The Hall–Kier alpha value is -2.06. The molecule has 90 valence electrons. The van der Waals surface area contributed by atoms with Crippen LogP contribution in [-0.2, 0) is 6.54 Å². The molecule has 0 saturated heterocycles. The number of nitrogens with zero attached hydrogens (tertiary/aromatic N) is 1. The van der Waals surface area contributed by atoms with E-state index in [9.17, 15) is 4.39 Å². The third-order valence-corrected chi connectivity index (χ3v) is 2.31. The van der Waals surface area contributed by atoms with E-state index in [1.165, 1.54) is 6.07 Å². The second kappa shape index (κ2) is 5.87. The highest BCUT2D eigenvalue weighted by molar-refractivity contribution is 5.97. The van der Waals surface area contributed by atoms with Gasteiger partial charge in [0.25, 0.3) is 0 Å². The summed E-state index contributed by atoms with van der Waals surface area (Å²) in [7, 11) is 0. The maximum atomic E-state index is 13.9. The molecule has 0 saturated carbocycles. The topological polar surface area (TPSA) is 70.6 Å². The van der Waals surface area contributed by atoms with Gasteiger partial charge < -0.3 is 10.9 Å². The van der Waals surface area contributed by atoms with Gasteiger partial charge in [-0.2, -0.15) is 0 Å². The van der Waals surface area contributed by atoms with Gasteiger partial charge in [-0.1, -0.05) is 23.2 Å². The zero-order valence-corrected chi connectivity index (χ0v) is 9.44. The van der Waals surface area contributed by atoms with E-state index in [2.05, 4.69) is 16.4 Å². The number of amidine groups is 1. The molecule has 0 aliphatic heterocycles. The van der Waals surface area contributed by atoms with Crippen LogP contribution in [0.3, 0.4) is 0 Å². The normalized spacial score (nSPS) is 13.1. The van der Waals surface area contributed by atoms with Gasteiger partial charge in [0.1, 0.15) is 5.82 Å². The Labute approximate surface area is 99.3 Å². The Morgan fingerprint density at radius 3 is 3.00 bits per heavy atom. The van der Waals surface area contributed by atoms with Crippen LogP contribution >= 0.6 is 0 Å². The minimum Gasteiger partial charge on any atom is -0.409 e. The summed E-state index contributed by atoms with van der Waals surface area (Å²) < 4.78 is 13.9. The van der Waals surface area contributed by atoms with Crippen LogP contribution in [0.2, 0.25) is 0 Å². The number of hydrogen-bond acceptors (Lipinski definition) is 3. The fraction of sp³-hybridized carbons (Fsp3) is 0.250. The van der Waals surface area contributed by atoms with E-state index in [0.29, 0.717) is 5.56 Å². The van der Waals surface area contributed by atoms with Gasteiger partial charge in [0.2, 0.25) is 0 Å². The van der Waals surface area contributed by atoms with Crippen LogP contribution in [0.4, 0.5) is 4.39 Å². The Bertz CT molecular complexity index is 465. The molecule has 4 N–H and O–H groups in total. The van der Waals surface area contributed by atoms with Gasteiger partial charge in [-0.3, -0.25) is 5.32 Å². The molecule has 5 heteroatoms. The first-order chi connectivity index (χ1) is 8.10. The van der Waals surface area contributed by atoms with Gasteiger partial charge >= 0.3 is 0 Å². The standard InChI is InChI=1S/C12H14FN3O/c1-3-8(2)15-7-9-5-4-6-10(11(9)13)12(14)16-17/h1,4-6,8,15,17H,7H2,2H3,(H2,14,16). The van der Waals surface area contributed by atoms with Gasteiger partial charge in [-0.15, -0.1) is 6.42 Å². The van der Waals surface area contributed by atoms with Gasteiger partial charge in [-0.05, 0) is 13.0 Å². The molecule has 0 amide bonds. The summed E-state index contributed by atoms with van der Waals surface area (Å²) in [4.78, 5) is 0. The summed E-state index contributed by atoms with van der Waals surface area (Å²) in [5, 5.41) is 14.2. The number of oxime groups is 1. The lowest BCUT2D eigenvalue weighted by Crippen LogP contribution is -2.25. The van der Waals surface area contributed by atoms with Crippen LogP contribution in [-0.4, -0.2) is 17.1 Å². The molecule has 1 unspecified atom stereocenters. The molecule has 0 aliphatic rings. The number of benzene rings is 1. The van der Waals surface area contributed by atoms with Gasteiger partial charge in [-0.25, -0.2) is 4.39 Å². The van der Waals surface area contributed by atoms with Crippen molar-refractivity contribution in [2.45, 2.75) is 19.5 Å². The lowest BCUT2D eigenvalue weighted by atomic mass is 10.1. The van der Waals surface area contributed by atoms with Crippen molar-refractivity contribution in [3.05, 3.63) is 35.1 Å². The van der Waals surface area contributed by atoms with Crippen molar-refractivity contribution in [2.75, 3.05) is 0 Å². The van der Waals surface area contributed by atoms with E-state index in [1.54, 1.807) is 19.1 Å². The molecule has 0 bridgehead atoms. The zero-order chi connectivity index (χ0) is 12.8. The fourth-order valence-electron chi connectivity index (χ4n) is 1.29. The summed E-state index contributed by atoms with van der Waals surface area (Å²) in [6, 6.07) is 4.54. The minimum atomic E-state index is -0.514. The van der Waals surface area contributed by atoms with Crippen LogP contribution in [0.15, 0.2) is 23.4 Å². The number of nitrogens with two attached hydrogens (primary N) is 1. The molecular formula is C12H14FN3O. The molecular weight excluding hydrogens is 221 g/mol. The van der Waals surface area contributed by atoms with Crippen molar-refractivity contribution in [3.63, 3.8) is 0 Å². The van der Waals surface area contributed by atoms with Crippen molar-refractivity contribution in [1.82, 2.24) is 5.32 Å². The molecule has 0 aliphatic carbocycles. The van der Waals surface area contributed by atoms with Crippen molar-refractivity contribution < 1.29 is 9.60 Å². The molecule has 0 spiro atoms. The first kappa shape index (κ1) is 13.0. The Balaban J connectivity index is 2.92. The monoisotopic (exact) mass is 235 g/mol. The quantitative estimate of drug-likeness (QED) is 0.240. The molecule has 0 heterocycles.